The summed E-state index contributed by atoms with van der Waals surface area (Å²) in [6.07, 6.45) is -2.78. The molecule has 2 aromatic carbocycles. The first-order valence-electron chi connectivity index (χ1n) is 6.17. The fourth-order valence-electron chi connectivity index (χ4n) is 2.38. The van der Waals surface area contributed by atoms with E-state index in [0.717, 1.165) is 7.88 Å². The topological polar surface area (TPSA) is 77.8 Å². The lowest BCUT2D eigenvalue weighted by Crippen LogP contribution is -2.33. The van der Waals surface area contributed by atoms with Crippen molar-refractivity contribution in [3.63, 3.8) is 0 Å². The normalized spacial score (nSPS) is 22.2. The summed E-state index contributed by atoms with van der Waals surface area (Å²) in [5.74, 6) is 0. The molecule has 2 atom stereocenters. The van der Waals surface area contributed by atoms with E-state index in [9.17, 15) is 18.6 Å². The summed E-state index contributed by atoms with van der Waals surface area (Å²) in [4.78, 5) is 0.0359. The third-order valence-electron chi connectivity index (χ3n) is 3.42. The zero-order valence-electron chi connectivity index (χ0n) is 10.7. The number of halogens is 1. The summed E-state index contributed by atoms with van der Waals surface area (Å²) in [5, 5.41) is 20.5. The Morgan fingerprint density at radius 3 is 1.86 bits per heavy atom. The number of nitrogens with zero attached hydrogens (tertiary/aromatic N) is 1. The average Bonchev–Trinajstić information content (AvgIpc) is 2.72. The molecule has 1 aliphatic heterocycles. The molecule has 2 unspecified atom stereocenters. The molecule has 3 rings (SSSR count). The van der Waals surface area contributed by atoms with Gasteiger partial charge in [0.1, 0.15) is 12.5 Å². The van der Waals surface area contributed by atoms with Gasteiger partial charge in [0.15, 0.2) is 0 Å². The van der Waals surface area contributed by atoms with Crippen molar-refractivity contribution in [3.05, 3.63) is 63.2 Å². The second-order valence-corrected chi connectivity index (χ2v) is 7.75. The van der Waals surface area contributed by atoms with E-state index >= 15 is 0 Å². The Labute approximate surface area is 136 Å². The van der Waals surface area contributed by atoms with E-state index in [1.54, 1.807) is 36.4 Å². The number of aliphatic hydroxyl groups excluding tert-OH is 2. The molecule has 5 nitrogen and oxygen atoms in total. The fourth-order valence-corrected chi connectivity index (χ4v) is 4.22. The largest absolute Gasteiger partial charge is 0.373 e. The lowest BCUT2D eigenvalue weighted by molar-refractivity contribution is -0.0226. The second-order valence-electron chi connectivity index (χ2n) is 4.67. The van der Waals surface area contributed by atoms with Crippen LogP contribution in [0.25, 0.3) is 0 Å². The Morgan fingerprint density at radius 2 is 1.38 bits per heavy atom. The van der Waals surface area contributed by atoms with Crippen LogP contribution in [0.5, 0.6) is 0 Å². The van der Waals surface area contributed by atoms with Crippen molar-refractivity contribution in [3.8, 4) is 0 Å². The third kappa shape index (κ3) is 2.38. The Morgan fingerprint density at radius 1 is 0.905 bits per heavy atom. The van der Waals surface area contributed by atoms with Crippen LogP contribution in [-0.4, -0.2) is 22.9 Å². The predicted octanol–water partition coefficient (Wildman–Crippen LogP) is 1.98. The molecule has 0 saturated carbocycles. The summed E-state index contributed by atoms with van der Waals surface area (Å²) in [6, 6.07) is 12.8. The maximum atomic E-state index is 12.6. The first-order chi connectivity index (χ1) is 9.93. The zero-order chi connectivity index (χ0) is 15.2. The highest BCUT2D eigenvalue weighted by atomic mass is 127. The molecule has 0 aliphatic carbocycles. The molecule has 0 spiro atoms. The van der Waals surface area contributed by atoms with E-state index in [1.807, 2.05) is 0 Å². The molecule has 110 valence electrons. The van der Waals surface area contributed by atoms with Crippen molar-refractivity contribution in [1.29, 1.82) is 0 Å². The van der Waals surface area contributed by atoms with Gasteiger partial charge < -0.3 is 10.2 Å². The van der Waals surface area contributed by atoms with Crippen molar-refractivity contribution in [2.75, 3.05) is 0 Å². The van der Waals surface area contributed by atoms with Crippen LogP contribution in [0.4, 0.5) is 0 Å². The highest BCUT2D eigenvalue weighted by Crippen LogP contribution is 2.42. The SMILES string of the molecule is O=S(=O)(c1ccc(I)cc1)N1C(O)c2ccccc2C1O. The number of sulfonamides is 1. The molecule has 1 aliphatic rings. The van der Waals surface area contributed by atoms with E-state index < -0.39 is 22.5 Å². The lowest BCUT2D eigenvalue weighted by atomic mass is 10.1. The standard InChI is InChI=1S/C14H12INO4S/c15-9-5-7-10(8-6-9)21(19,20)16-13(17)11-3-1-2-4-12(11)14(16)18/h1-8,13-14,17-18H. The van der Waals surface area contributed by atoms with Gasteiger partial charge in [-0.1, -0.05) is 24.3 Å². The van der Waals surface area contributed by atoms with Crippen LogP contribution in [0, 0.1) is 3.57 Å². The summed E-state index contributed by atoms with van der Waals surface area (Å²) in [6.45, 7) is 0. The minimum Gasteiger partial charge on any atom is -0.373 e. The van der Waals surface area contributed by atoms with Crippen molar-refractivity contribution in [2.24, 2.45) is 0 Å². The summed E-state index contributed by atoms with van der Waals surface area (Å²) >= 11 is 2.07. The third-order valence-corrected chi connectivity index (χ3v) is 5.97. The Balaban J connectivity index is 2.07. The number of fused-ring (bicyclic) bond motifs is 1. The summed E-state index contributed by atoms with van der Waals surface area (Å²) in [7, 11) is -3.99. The van der Waals surface area contributed by atoms with Crippen molar-refractivity contribution < 1.29 is 18.6 Å². The van der Waals surface area contributed by atoms with Gasteiger partial charge >= 0.3 is 0 Å². The van der Waals surface area contributed by atoms with Crippen LogP contribution in [0.1, 0.15) is 23.6 Å². The van der Waals surface area contributed by atoms with Crippen molar-refractivity contribution >= 4 is 32.6 Å². The molecule has 0 amide bonds. The van der Waals surface area contributed by atoms with E-state index in [4.69, 9.17) is 0 Å². The maximum absolute atomic E-state index is 12.6. The van der Waals surface area contributed by atoms with E-state index in [-0.39, 0.29) is 4.90 Å². The van der Waals surface area contributed by atoms with Gasteiger partial charge in [0.25, 0.3) is 0 Å². The predicted molar refractivity (Wildman–Crippen MR) is 84.5 cm³/mol. The first-order valence-corrected chi connectivity index (χ1v) is 8.69. The number of hydrogen-bond acceptors (Lipinski definition) is 4. The highest BCUT2D eigenvalue weighted by Gasteiger charge is 2.44. The van der Waals surface area contributed by atoms with Gasteiger partial charge in [-0.3, -0.25) is 0 Å². The quantitative estimate of drug-likeness (QED) is 0.733. The van der Waals surface area contributed by atoms with Crippen molar-refractivity contribution in [2.45, 2.75) is 17.4 Å². The molecule has 0 bridgehead atoms. The molecule has 21 heavy (non-hydrogen) atoms. The fraction of sp³-hybridized carbons (Fsp3) is 0.143. The van der Waals surface area contributed by atoms with E-state index in [0.29, 0.717) is 11.1 Å². The molecule has 0 saturated heterocycles. The molecule has 7 heteroatoms. The Hall–Kier alpha value is -1.00. The number of benzene rings is 2. The monoisotopic (exact) mass is 417 g/mol. The molecule has 0 aromatic heterocycles. The summed E-state index contributed by atoms with van der Waals surface area (Å²) in [5.41, 5.74) is 0.804. The number of rotatable bonds is 2. The van der Waals surface area contributed by atoms with Gasteiger partial charge in [0.2, 0.25) is 10.0 Å². The molecule has 2 aromatic rings. The maximum Gasteiger partial charge on any atom is 0.248 e. The molecule has 0 fully saturated rings. The van der Waals surface area contributed by atoms with Gasteiger partial charge in [-0.25, -0.2) is 8.42 Å². The van der Waals surface area contributed by atoms with Crippen LogP contribution in [0.15, 0.2) is 53.4 Å². The van der Waals surface area contributed by atoms with E-state index in [2.05, 4.69) is 22.6 Å². The van der Waals surface area contributed by atoms with Crippen LogP contribution in [-0.2, 0) is 10.0 Å². The van der Waals surface area contributed by atoms with Crippen LogP contribution in [0.3, 0.4) is 0 Å². The first kappa shape index (κ1) is 14.9. The molecular formula is C14H12INO4S. The number of aliphatic hydroxyl groups is 2. The average molecular weight is 417 g/mol. The zero-order valence-corrected chi connectivity index (χ0v) is 13.7. The van der Waals surface area contributed by atoms with Crippen LogP contribution >= 0.6 is 22.6 Å². The summed E-state index contributed by atoms with van der Waals surface area (Å²) < 4.78 is 26.9. The second kappa shape index (κ2) is 5.33. The smallest absolute Gasteiger partial charge is 0.248 e. The van der Waals surface area contributed by atoms with Gasteiger partial charge in [0.05, 0.1) is 4.90 Å². The number of hydrogen-bond donors (Lipinski definition) is 2. The lowest BCUT2D eigenvalue weighted by Gasteiger charge is -2.23. The van der Waals surface area contributed by atoms with Crippen LogP contribution in [0.2, 0.25) is 0 Å². The Kier molecular flexibility index (Phi) is 3.78. The highest BCUT2D eigenvalue weighted by molar-refractivity contribution is 14.1. The Bertz CT molecular complexity index is 747. The van der Waals surface area contributed by atoms with Crippen LogP contribution < -0.4 is 0 Å². The van der Waals surface area contributed by atoms with Gasteiger partial charge in [-0.05, 0) is 46.9 Å². The molecular weight excluding hydrogens is 405 g/mol. The minimum absolute atomic E-state index is 0.0359. The van der Waals surface area contributed by atoms with E-state index in [1.165, 1.54) is 12.1 Å². The van der Waals surface area contributed by atoms with Gasteiger partial charge in [-0.2, -0.15) is 0 Å². The van der Waals surface area contributed by atoms with Crippen molar-refractivity contribution in [1.82, 2.24) is 4.31 Å². The molecule has 0 radical (unpaired) electrons. The molecule has 2 N–H and O–H groups in total. The molecule has 1 heterocycles. The van der Waals surface area contributed by atoms with Gasteiger partial charge in [-0.15, -0.1) is 4.31 Å². The minimum atomic E-state index is -3.99. The van der Waals surface area contributed by atoms with Gasteiger partial charge in [0, 0.05) is 14.7 Å².